The molecular weight excluding hydrogens is 336 g/mol. The number of benzene rings is 1. The van der Waals surface area contributed by atoms with E-state index in [2.05, 4.69) is 42.4 Å². The van der Waals surface area contributed by atoms with E-state index in [4.69, 9.17) is 0 Å². The van der Waals surface area contributed by atoms with Gasteiger partial charge in [0.2, 0.25) is 5.95 Å². The van der Waals surface area contributed by atoms with Crippen molar-refractivity contribution in [2.75, 3.05) is 5.43 Å². The number of hydrazone groups is 1. The smallest absolute Gasteiger partial charge is 0.262 e. The van der Waals surface area contributed by atoms with Crippen molar-refractivity contribution in [3.8, 4) is 0 Å². The maximum Gasteiger partial charge on any atom is 0.262 e. The lowest BCUT2D eigenvalue weighted by Gasteiger charge is -2.32. The molecule has 0 spiro atoms. The number of rotatable bonds is 4. The number of hydrogen-bond donors (Lipinski definition) is 1. The molecule has 1 aliphatic rings. The minimum atomic E-state index is -0.0868. The number of fused-ring (bicyclic) bond motifs is 1. The summed E-state index contributed by atoms with van der Waals surface area (Å²) in [7, 11) is 1.70. The number of anilines is 1. The van der Waals surface area contributed by atoms with Crippen molar-refractivity contribution < 1.29 is 0 Å². The van der Waals surface area contributed by atoms with Crippen LogP contribution in [0.15, 0.2) is 57.5 Å². The Bertz CT molecular complexity index is 1010. The molecule has 0 radical (unpaired) electrons. The Labute approximate surface area is 160 Å². The standard InChI is InChI=1S/C22H28N4O/c1-15-9-8-14-22(3,4)18(15)13-12-16(2)24-25-21-23-19-11-7-6-10-17(19)20(27)26(21)5/h6-7,10-13H,8-9,14H2,1-5H3,(H,23,25). The predicted molar refractivity (Wildman–Crippen MR) is 113 cm³/mol. The number of nitrogens with zero attached hydrogens (tertiary/aromatic N) is 3. The molecule has 0 saturated heterocycles. The van der Waals surface area contributed by atoms with E-state index in [9.17, 15) is 4.79 Å². The van der Waals surface area contributed by atoms with E-state index in [1.54, 1.807) is 13.1 Å². The van der Waals surface area contributed by atoms with Gasteiger partial charge in [0.05, 0.1) is 16.6 Å². The average molecular weight is 364 g/mol. The van der Waals surface area contributed by atoms with Crippen LogP contribution in [0.2, 0.25) is 0 Å². The molecule has 5 nitrogen and oxygen atoms in total. The lowest BCUT2D eigenvalue weighted by molar-refractivity contribution is 0.377. The van der Waals surface area contributed by atoms with Gasteiger partial charge in [-0.05, 0) is 62.3 Å². The maximum atomic E-state index is 12.4. The minimum Gasteiger partial charge on any atom is -0.280 e. The van der Waals surface area contributed by atoms with Crippen molar-refractivity contribution in [1.29, 1.82) is 0 Å². The van der Waals surface area contributed by atoms with Gasteiger partial charge in [-0.15, -0.1) is 0 Å². The molecule has 5 heteroatoms. The van der Waals surface area contributed by atoms with E-state index in [-0.39, 0.29) is 11.0 Å². The zero-order valence-corrected chi connectivity index (χ0v) is 16.8. The van der Waals surface area contributed by atoms with Crippen LogP contribution < -0.4 is 11.0 Å². The minimum absolute atomic E-state index is 0.0868. The van der Waals surface area contributed by atoms with Crippen molar-refractivity contribution in [3.05, 3.63) is 57.9 Å². The fraction of sp³-hybridized carbons (Fsp3) is 0.409. The molecule has 142 valence electrons. The lowest BCUT2D eigenvalue weighted by Crippen LogP contribution is -2.21. The van der Waals surface area contributed by atoms with E-state index >= 15 is 0 Å². The Morgan fingerprint density at radius 1 is 1.33 bits per heavy atom. The molecule has 27 heavy (non-hydrogen) atoms. The van der Waals surface area contributed by atoms with E-state index in [0.29, 0.717) is 16.9 Å². The zero-order chi connectivity index (χ0) is 19.6. The first-order valence-corrected chi connectivity index (χ1v) is 9.44. The van der Waals surface area contributed by atoms with E-state index in [1.807, 2.05) is 31.2 Å². The van der Waals surface area contributed by atoms with Crippen LogP contribution in [0.25, 0.3) is 10.9 Å². The van der Waals surface area contributed by atoms with Crippen LogP contribution >= 0.6 is 0 Å². The molecule has 0 fully saturated rings. The van der Waals surface area contributed by atoms with Gasteiger partial charge in [0.1, 0.15) is 0 Å². The normalized spacial score (nSPS) is 17.7. The van der Waals surface area contributed by atoms with E-state index in [0.717, 1.165) is 5.71 Å². The number of hydrogen-bond acceptors (Lipinski definition) is 4. The van der Waals surface area contributed by atoms with Crippen LogP contribution in [-0.4, -0.2) is 15.3 Å². The van der Waals surface area contributed by atoms with Crippen LogP contribution in [0.1, 0.15) is 47.0 Å². The molecule has 1 aliphatic carbocycles. The highest BCUT2D eigenvalue weighted by Gasteiger charge is 2.26. The van der Waals surface area contributed by atoms with Crippen molar-refractivity contribution >= 4 is 22.6 Å². The molecular formula is C22H28N4O. The molecule has 0 amide bonds. The molecule has 1 aromatic carbocycles. The largest absolute Gasteiger partial charge is 0.280 e. The second-order valence-electron chi connectivity index (χ2n) is 7.95. The summed E-state index contributed by atoms with van der Waals surface area (Å²) in [6.07, 6.45) is 7.84. The van der Waals surface area contributed by atoms with Crippen molar-refractivity contribution in [3.63, 3.8) is 0 Å². The first-order chi connectivity index (χ1) is 12.8. The molecule has 1 aromatic heterocycles. The highest BCUT2D eigenvalue weighted by Crippen LogP contribution is 2.40. The molecule has 1 N–H and O–H groups in total. The van der Waals surface area contributed by atoms with Gasteiger partial charge >= 0.3 is 0 Å². The summed E-state index contributed by atoms with van der Waals surface area (Å²) in [5.41, 5.74) is 7.41. The Morgan fingerprint density at radius 2 is 2.07 bits per heavy atom. The Morgan fingerprint density at radius 3 is 2.81 bits per heavy atom. The number of para-hydroxylation sites is 1. The van der Waals surface area contributed by atoms with Gasteiger partial charge in [-0.1, -0.05) is 37.6 Å². The highest BCUT2D eigenvalue weighted by molar-refractivity contribution is 5.93. The van der Waals surface area contributed by atoms with E-state index in [1.165, 1.54) is 35.0 Å². The molecule has 0 saturated carbocycles. The third kappa shape index (κ3) is 4.02. The summed E-state index contributed by atoms with van der Waals surface area (Å²) >= 11 is 0. The third-order valence-electron chi connectivity index (χ3n) is 5.35. The third-order valence-corrected chi connectivity index (χ3v) is 5.35. The molecule has 0 bridgehead atoms. The fourth-order valence-corrected chi connectivity index (χ4v) is 3.71. The van der Waals surface area contributed by atoms with Gasteiger partial charge in [0.25, 0.3) is 5.56 Å². The summed E-state index contributed by atoms with van der Waals surface area (Å²) in [5.74, 6) is 0.430. The first kappa shape index (κ1) is 19.1. The second-order valence-corrected chi connectivity index (χ2v) is 7.95. The number of allylic oxidation sites excluding steroid dienone is 4. The van der Waals surface area contributed by atoms with Crippen LogP contribution in [-0.2, 0) is 7.05 Å². The Balaban J connectivity index is 1.83. The summed E-state index contributed by atoms with van der Waals surface area (Å²) in [4.78, 5) is 17.0. The highest BCUT2D eigenvalue weighted by atomic mass is 16.1. The second kappa shape index (κ2) is 7.51. The Kier molecular flexibility index (Phi) is 5.31. The SMILES string of the molecule is CC(C=CC1=C(C)CCCC1(C)C)=NNc1nc2ccccc2c(=O)n1C. The maximum absolute atomic E-state index is 12.4. The molecule has 2 aromatic rings. The Hall–Kier alpha value is -2.69. The average Bonchev–Trinajstić information content (AvgIpc) is 2.62. The van der Waals surface area contributed by atoms with Gasteiger partial charge in [-0.3, -0.25) is 9.36 Å². The van der Waals surface area contributed by atoms with Crippen LogP contribution in [0.4, 0.5) is 5.95 Å². The van der Waals surface area contributed by atoms with Crippen LogP contribution in [0.5, 0.6) is 0 Å². The van der Waals surface area contributed by atoms with Gasteiger partial charge in [-0.25, -0.2) is 10.4 Å². The van der Waals surface area contributed by atoms with Crippen molar-refractivity contribution in [1.82, 2.24) is 9.55 Å². The summed E-state index contributed by atoms with van der Waals surface area (Å²) in [6, 6.07) is 7.33. The molecule has 1 heterocycles. The van der Waals surface area contributed by atoms with Crippen molar-refractivity contribution in [2.24, 2.45) is 17.6 Å². The molecule has 0 atom stereocenters. The van der Waals surface area contributed by atoms with Gasteiger partial charge in [0, 0.05) is 7.05 Å². The first-order valence-electron chi connectivity index (χ1n) is 9.44. The molecule has 0 unspecified atom stereocenters. The summed E-state index contributed by atoms with van der Waals surface area (Å²) in [6.45, 7) is 8.76. The molecule has 0 aliphatic heterocycles. The van der Waals surface area contributed by atoms with E-state index < -0.39 is 0 Å². The number of nitrogens with one attached hydrogen (secondary N) is 1. The summed E-state index contributed by atoms with van der Waals surface area (Å²) < 4.78 is 1.49. The predicted octanol–water partition coefficient (Wildman–Crippen LogP) is 4.80. The van der Waals surface area contributed by atoms with Gasteiger partial charge in [0.15, 0.2) is 0 Å². The van der Waals surface area contributed by atoms with Gasteiger partial charge in [-0.2, -0.15) is 5.10 Å². The van der Waals surface area contributed by atoms with Crippen LogP contribution in [0, 0.1) is 5.41 Å². The molecule has 3 rings (SSSR count). The van der Waals surface area contributed by atoms with Crippen molar-refractivity contribution in [2.45, 2.75) is 47.0 Å². The van der Waals surface area contributed by atoms with Crippen LogP contribution in [0.3, 0.4) is 0 Å². The fourth-order valence-electron chi connectivity index (χ4n) is 3.71. The zero-order valence-electron chi connectivity index (χ0n) is 16.8. The summed E-state index contributed by atoms with van der Waals surface area (Å²) in [5, 5.41) is 5.00. The lowest BCUT2D eigenvalue weighted by atomic mass is 9.72. The van der Waals surface area contributed by atoms with Gasteiger partial charge < -0.3 is 0 Å². The quantitative estimate of drug-likeness (QED) is 0.626. The monoisotopic (exact) mass is 364 g/mol. The topological polar surface area (TPSA) is 59.3 Å². The number of aromatic nitrogens is 2.